The molecule has 0 spiro atoms. The maximum absolute atomic E-state index is 10.6. The Hall–Kier alpha value is -0.690. The predicted octanol–water partition coefficient (Wildman–Crippen LogP) is 0.964. The second-order valence-corrected chi connectivity index (χ2v) is 3.69. The Kier molecular flexibility index (Phi) is 2.77. The van der Waals surface area contributed by atoms with Crippen LogP contribution in [0.25, 0.3) is 0 Å². The second kappa shape index (κ2) is 3.63. The highest BCUT2D eigenvalue weighted by atomic mass is 32.2. The van der Waals surface area contributed by atoms with Crippen LogP contribution < -0.4 is 0 Å². The standard InChI is InChI=1S/C7H9NO2S/c8-3-5-4-11-2-1-6(5)7(9)10/h5-6H,1-2,4H2,(H,9,10)/t5-,6-/m1/s1. The average molecular weight is 171 g/mol. The molecule has 1 aliphatic rings. The molecule has 11 heavy (non-hydrogen) atoms. The van der Waals surface area contributed by atoms with Crippen LogP contribution in [0, 0.1) is 23.2 Å². The summed E-state index contributed by atoms with van der Waals surface area (Å²) in [5.74, 6) is 0.00662. The summed E-state index contributed by atoms with van der Waals surface area (Å²) < 4.78 is 0. The van der Waals surface area contributed by atoms with E-state index in [9.17, 15) is 4.79 Å². The van der Waals surface area contributed by atoms with E-state index in [0.717, 1.165) is 5.75 Å². The molecule has 0 aromatic rings. The molecule has 0 radical (unpaired) electrons. The van der Waals surface area contributed by atoms with Gasteiger partial charge in [0, 0.05) is 5.75 Å². The molecule has 0 amide bonds. The molecule has 1 aliphatic heterocycles. The lowest BCUT2D eigenvalue weighted by Crippen LogP contribution is -2.28. The van der Waals surface area contributed by atoms with Gasteiger partial charge in [-0.3, -0.25) is 4.79 Å². The van der Waals surface area contributed by atoms with E-state index < -0.39 is 11.9 Å². The molecule has 60 valence electrons. The Morgan fingerprint density at radius 3 is 2.91 bits per heavy atom. The molecule has 0 saturated carbocycles. The van der Waals surface area contributed by atoms with Crippen LogP contribution >= 0.6 is 11.8 Å². The Balaban J connectivity index is 2.60. The summed E-state index contributed by atoms with van der Waals surface area (Å²) in [4.78, 5) is 10.6. The number of carboxylic acid groups (broad SMARTS) is 1. The minimum absolute atomic E-state index is 0.286. The zero-order valence-corrected chi connectivity index (χ0v) is 6.80. The molecule has 1 saturated heterocycles. The van der Waals surface area contributed by atoms with Crippen LogP contribution in [0.4, 0.5) is 0 Å². The number of carbonyl (C=O) groups is 1. The van der Waals surface area contributed by atoms with Gasteiger partial charge in [0.05, 0.1) is 17.9 Å². The van der Waals surface area contributed by atoms with Gasteiger partial charge < -0.3 is 5.11 Å². The normalized spacial score (nSPS) is 30.8. The maximum Gasteiger partial charge on any atom is 0.307 e. The van der Waals surface area contributed by atoms with Crippen molar-refractivity contribution in [2.24, 2.45) is 11.8 Å². The van der Waals surface area contributed by atoms with Crippen molar-refractivity contribution >= 4 is 17.7 Å². The highest BCUT2D eigenvalue weighted by molar-refractivity contribution is 7.99. The molecule has 0 aromatic carbocycles. The van der Waals surface area contributed by atoms with E-state index in [1.807, 2.05) is 6.07 Å². The molecule has 1 N–H and O–H groups in total. The fraction of sp³-hybridized carbons (Fsp3) is 0.714. The molecule has 0 aliphatic carbocycles. The van der Waals surface area contributed by atoms with Crippen LogP contribution in [0.15, 0.2) is 0 Å². The lowest BCUT2D eigenvalue weighted by molar-refractivity contribution is -0.142. The number of thioether (sulfide) groups is 1. The van der Waals surface area contributed by atoms with Crippen LogP contribution in [0.1, 0.15) is 6.42 Å². The number of nitriles is 1. The summed E-state index contributed by atoms with van der Waals surface area (Å²) >= 11 is 1.66. The van der Waals surface area contributed by atoms with E-state index >= 15 is 0 Å². The molecule has 0 aromatic heterocycles. The van der Waals surface area contributed by atoms with Gasteiger partial charge in [-0.25, -0.2) is 0 Å². The van der Waals surface area contributed by atoms with Crippen molar-refractivity contribution in [2.45, 2.75) is 6.42 Å². The van der Waals surface area contributed by atoms with Gasteiger partial charge in [0.25, 0.3) is 0 Å². The smallest absolute Gasteiger partial charge is 0.307 e. The van der Waals surface area contributed by atoms with Crippen molar-refractivity contribution in [1.29, 1.82) is 5.26 Å². The minimum atomic E-state index is -0.822. The number of carboxylic acids is 1. The zero-order valence-electron chi connectivity index (χ0n) is 5.99. The minimum Gasteiger partial charge on any atom is -0.481 e. The van der Waals surface area contributed by atoms with Crippen molar-refractivity contribution in [3.05, 3.63) is 0 Å². The maximum atomic E-state index is 10.6. The predicted molar refractivity (Wildman–Crippen MR) is 42.2 cm³/mol. The fourth-order valence-corrected chi connectivity index (χ4v) is 2.31. The first-order valence-electron chi connectivity index (χ1n) is 3.46. The van der Waals surface area contributed by atoms with Crippen LogP contribution in [-0.4, -0.2) is 22.6 Å². The third-order valence-corrected chi connectivity index (χ3v) is 2.96. The van der Waals surface area contributed by atoms with E-state index in [1.54, 1.807) is 11.8 Å². The largest absolute Gasteiger partial charge is 0.481 e. The molecule has 1 rings (SSSR count). The zero-order chi connectivity index (χ0) is 8.27. The first-order chi connectivity index (χ1) is 5.25. The van der Waals surface area contributed by atoms with Gasteiger partial charge in [0.1, 0.15) is 0 Å². The average Bonchev–Trinajstić information content (AvgIpc) is 2.04. The monoisotopic (exact) mass is 171 g/mol. The van der Waals surface area contributed by atoms with Crippen molar-refractivity contribution in [2.75, 3.05) is 11.5 Å². The van der Waals surface area contributed by atoms with Crippen LogP contribution in [0.5, 0.6) is 0 Å². The summed E-state index contributed by atoms with van der Waals surface area (Å²) in [7, 11) is 0. The van der Waals surface area contributed by atoms with Gasteiger partial charge in [0.2, 0.25) is 0 Å². The molecule has 1 fully saturated rings. The molecule has 1 heterocycles. The second-order valence-electron chi connectivity index (χ2n) is 2.54. The Morgan fingerprint density at radius 2 is 2.45 bits per heavy atom. The Labute approximate surface area is 69.4 Å². The number of aliphatic carboxylic acids is 1. The molecule has 3 nitrogen and oxygen atoms in total. The van der Waals surface area contributed by atoms with E-state index in [1.165, 1.54) is 0 Å². The molecule has 4 heteroatoms. The van der Waals surface area contributed by atoms with Crippen LogP contribution in [0.3, 0.4) is 0 Å². The van der Waals surface area contributed by atoms with Gasteiger partial charge in [-0.15, -0.1) is 0 Å². The van der Waals surface area contributed by atoms with Gasteiger partial charge in [0.15, 0.2) is 0 Å². The number of hydrogen-bond acceptors (Lipinski definition) is 3. The summed E-state index contributed by atoms with van der Waals surface area (Å²) in [6.45, 7) is 0. The quantitative estimate of drug-likeness (QED) is 0.638. The van der Waals surface area contributed by atoms with Crippen LogP contribution in [0.2, 0.25) is 0 Å². The summed E-state index contributed by atoms with van der Waals surface area (Å²) in [5.41, 5.74) is 0. The van der Waals surface area contributed by atoms with E-state index in [4.69, 9.17) is 10.4 Å². The molecular formula is C7H9NO2S. The molecule has 2 atom stereocenters. The topological polar surface area (TPSA) is 61.1 Å². The third-order valence-electron chi connectivity index (χ3n) is 1.84. The summed E-state index contributed by atoms with van der Waals surface area (Å²) in [6, 6.07) is 2.03. The van der Waals surface area contributed by atoms with Crippen molar-refractivity contribution in [3.63, 3.8) is 0 Å². The number of hydrogen-bond donors (Lipinski definition) is 1. The van der Waals surface area contributed by atoms with Gasteiger partial charge >= 0.3 is 5.97 Å². The van der Waals surface area contributed by atoms with Crippen molar-refractivity contribution in [3.8, 4) is 6.07 Å². The van der Waals surface area contributed by atoms with Crippen LogP contribution in [-0.2, 0) is 4.79 Å². The fourth-order valence-electron chi connectivity index (χ4n) is 1.16. The van der Waals surface area contributed by atoms with E-state index in [2.05, 4.69) is 0 Å². The van der Waals surface area contributed by atoms with Gasteiger partial charge in [-0.1, -0.05) is 0 Å². The first kappa shape index (κ1) is 8.41. The highest BCUT2D eigenvalue weighted by Gasteiger charge is 2.30. The van der Waals surface area contributed by atoms with Gasteiger partial charge in [-0.05, 0) is 12.2 Å². The summed E-state index contributed by atoms with van der Waals surface area (Å²) in [6.07, 6.45) is 0.637. The Morgan fingerprint density at radius 1 is 1.73 bits per heavy atom. The van der Waals surface area contributed by atoms with Crippen molar-refractivity contribution in [1.82, 2.24) is 0 Å². The first-order valence-corrected chi connectivity index (χ1v) is 4.61. The highest BCUT2D eigenvalue weighted by Crippen LogP contribution is 2.28. The number of rotatable bonds is 1. The van der Waals surface area contributed by atoms with Crippen molar-refractivity contribution < 1.29 is 9.90 Å². The van der Waals surface area contributed by atoms with Gasteiger partial charge in [-0.2, -0.15) is 17.0 Å². The van der Waals surface area contributed by atoms with E-state index in [-0.39, 0.29) is 5.92 Å². The van der Waals surface area contributed by atoms with E-state index in [0.29, 0.717) is 12.2 Å². The molecule has 0 unspecified atom stereocenters. The number of nitrogens with zero attached hydrogens (tertiary/aromatic N) is 1. The summed E-state index contributed by atoms with van der Waals surface area (Å²) in [5, 5.41) is 17.3. The SMILES string of the molecule is N#C[C@@H]1CSCC[C@H]1C(=O)O. The molecule has 0 bridgehead atoms. The Bertz CT molecular complexity index is 199. The molecular weight excluding hydrogens is 162 g/mol. The third kappa shape index (κ3) is 1.87. The lowest BCUT2D eigenvalue weighted by atomic mass is 9.92. The lowest BCUT2D eigenvalue weighted by Gasteiger charge is -2.22.